The quantitative estimate of drug-likeness (QED) is 0.773. The molecule has 100 valence electrons. The van der Waals surface area contributed by atoms with E-state index in [1.807, 2.05) is 16.8 Å². The third-order valence-electron chi connectivity index (χ3n) is 3.76. The summed E-state index contributed by atoms with van der Waals surface area (Å²) >= 11 is 0. The molecule has 2 aromatic heterocycles. The van der Waals surface area contributed by atoms with Crippen LogP contribution in [-0.4, -0.2) is 41.0 Å². The SMILES string of the molecule is COC(=O)c1ccn2cc(C3CCCN3C)nc2c1. The Hall–Kier alpha value is -1.88. The number of hydrogen-bond donors (Lipinski definition) is 0. The van der Waals surface area contributed by atoms with E-state index in [-0.39, 0.29) is 5.97 Å². The maximum Gasteiger partial charge on any atom is 0.338 e. The molecule has 0 aliphatic carbocycles. The van der Waals surface area contributed by atoms with Gasteiger partial charge in [-0.25, -0.2) is 9.78 Å². The van der Waals surface area contributed by atoms with Gasteiger partial charge in [0.2, 0.25) is 0 Å². The van der Waals surface area contributed by atoms with Gasteiger partial charge in [0.25, 0.3) is 0 Å². The minimum absolute atomic E-state index is 0.329. The van der Waals surface area contributed by atoms with Crippen molar-refractivity contribution in [3.8, 4) is 0 Å². The van der Waals surface area contributed by atoms with Crippen molar-refractivity contribution in [1.82, 2.24) is 14.3 Å². The molecular weight excluding hydrogens is 242 g/mol. The van der Waals surface area contributed by atoms with E-state index in [1.54, 1.807) is 12.1 Å². The van der Waals surface area contributed by atoms with E-state index in [4.69, 9.17) is 4.74 Å². The lowest BCUT2D eigenvalue weighted by atomic mass is 10.2. The van der Waals surface area contributed by atoms with Gasteiger partial charge in [-0.1, -0.05) is 0 Å². The van der Waals surface area contributed by atoms with Crippen molar-refractivity contribution in [3.63, 3.8) is 0 Å². The number of methoxy groups -OCH3 is 1. The van der Waals surface area contributed by atoms with E-state index in [0.29, 0.717) is 11.6 Å². The molecule has 0 N–H and O–H groups in total. The van der Waals surface area contributed by atoms with Gasteiger partial charge in [0.1, 0.15) is 5.65 Å². The molecule has 1 fully saturated rings. The summed E-state index contributed by atoms with van der Waals surface area (Å²) in [6.45, 7) is 1.12. The highest BCUT2D eigenvalue weighted by Gasteiger charge is 2.24. The highest BCUT2D eigenvalue weighted by atomic mass is 16.5. The molecular formula is C14H17N3O2. The first-order chi connectivity index (χ1) is 9.19. The van der Waals surface area contributed by atoms with Crippen LogP contribution in [0.15, 0.2) is 24.5 Å². The van der Waals surface area contributed by atoms with Gasteiger partial charge in [-0.05, 0) is 38.6 Å². The third-order valence-corrected chi connectivity index (χ3v) is 3.76. The van der Waals surface area contributed by atoms with Gasteiger partial charge in [0.15, 0.2) is 0 Å². The van der Waals surface area contributed by atoms with E-state index in [2.05, 4.69) is 16.9 Å². The maximum absolute atomic E-state index is 11.5. The normalized spacial score (nSPS) is 20.0. The molecule has 1 unspecified atom stereocenters. The smallest absolute Gasteiger partial charge is 0.338 e. The number of esters is 1. The van der Waals surface area contributed by atoms with Crippen LogP contribution in [0, 0.1) is 0 Å². The number of ether oxygens (including phenoxy) is 1. The van der Waals surface area contributed by atoms with Crippen LogP contribution in [0.1, 0.15) is 34.9 Å². The van der Waals surface area contributed by atoms with Crippen LogP contribution in [0.2, 0.25) is 0 Å². The monoisotopic (exact) mass is 259 g/mol. The highest BCUT2D eigenvalue weighted by molar-refractivity contribution is 5.90. The summed E-state index contributed by atoms with van der Waals surface area (Å²) in [5.41, 5.74) is 2.40. The number of aromatic nitrogens is 2. The van der Waals surface area contributed by atoms with Crippen molar-refractivity contribution in [2.45, 2.75) is 18.9 Å². The van der Waals surface area contributed by atoms with Crippen molar-refractivity contribution < 1.29 is 9.53 Å². The lowest BCUT2D eigenvalue weighted by Crippen LogP contribution is -2.17. The zero-order valence-corrected chi connectivity index (χ0v) is 11.2. The van der Waals surface area contributed by atoms with Crippen LogP contribution in [0.4, 0.5) is 0 Å². The second kappa shape index (κ2) is 4.66. The Bertz CT molecular complexity index is 620. The first-order valence-corrected chi connectivity index (χ1v) is 6.46. The number of carbonyl (C=O) groups excluding carboxylic acids is 1. The number of rotatable bonds is 2. The van der Waals surface area contributed by atoms with Crippen LogP contribution in [0.3, 0.4) is 0 Å². The lowest BCUT2D eigenvalue weighted by Gasteiger charge is -2.16. The Balaban J connectivity index is 1.98. The van der Waals surface area contributed by atoms with Crippen LogP contribution in [0.25, 0.3) is 5.65 Å². The average molecular weight is 259 g/mol. The van der Waals surface area contributed by atoms with Gasteiger partial charge in [-0.15, -0.1) is 0 Å². The Morgan fingerprint density at radius 3 is 3.05 bits per heavy atom. The van der Waals surface area contributed by atoms with E-state index < -0.39 is 0 Å². The van der Waals surface area contributed by atoms with E-state index >= 15 is 0 Å². The van der Waals surface area contributed by atoms with Crippen molar-refractivity contribution >= 4 is 11.6 Å². The second-order valence-corrected chi connectivity index (χ2v) is 4.98. The molecule has 0 amide bonds. The summed E-state index contributed by atoms with van der Waals surface area (Å²) in [7, 11) is 3.51. The summed E-state index contributed by atoms with van der Waals surface area (Å²) in [5.74, 6) is -0.329. The predicted octanol–water partition coefficient (Wildman–Crippen LogP) is 1.89. The van der Waals surface area contributed by atoms with E-state index in [9.17, 15) is 4.79 Å². The fraction of sp³-hybridized carbons (Fsp3) is 0.429. The largest absolute Gasteiger partial charge is 0.465 e. The van der Waals surface area contributed by atoms with Gasteiger partial charge in [-0.2, -0.15) is 0 Å². The van der Waals surface area contributed by atoms with Gasteiger partial charge in [0, 0.05) is 12.4 Å². The molecule has 2 aromatic rings. The molecule has 1 aliphatic rings. The van der Waals surface area contributed by atoms with Crippen molar-refractivity contribution in [2.75, 3.05) is 20.7 Å². The van der Waals surface area contributed by atoms with Gasteiger partial charge < -0.3 is 9.14 Å². The fourth-order valence-corrected chi connectivity index (χ4v) is 2.69. The standard InChI is InChI=1S/C14H17N3O2/c1-16-6-3-4-12(16)11-9-17-7-5-10(14(18)19-2)8-13(17)15-11/h5,7-9,12H,3-4,6H2,1-2H3. The molecule has 19 heavy (non-hydrogen) atoms. The van der Waals surface area contributed by atoms with E-state index in [1.165, 1.54) is 13.5 Å². The first-order valence-electron chi connectivity index (χ1n) is 6.46. The number of imidazole rings is 1. The van der Waals surface area contributed by atoms with Crippen LogP contribution >= 0.6 is 0 Å². The van der Waals surface area contributed by atoms with Crippen LogP contribution in [-0.2, 0) is 4.74 Å². The minimum Gasteiger partial charge on any atom is -0.465 e. The minimum atomic E-state index is -0.329. The molecule has 3 heterocycles. The molecule has 0 saturated carbocycles. The number of nitrogens with zero attached hydrogens (tertiary/aromatic N) is 3. The molecule has 0 radical (unpaired) electrons. The molecule has 1 atom stereocenters. The van der Waals surface area contributed by atoms with E-state index in [0.717, 1.165) is 24.3 Å². The first kappa shape index (κ1) is 12.2. The third kappa shape index (κ3) is 2.10. The number of fused-ring (bicyclic) bond motifs is 1. The molecule has 0 spiro atoms. The molecule has 3 rings (SSSR count). The van der Waals surface area contributed by atoms with Crippen LogP contribution < -0.4 is 0 Å². The van der Waals surface area contributed by atoms with Crippen molar-refractivity contribution in [2.24, 2.45) is 0 Å². The average Bonchev–Trinajstić information content (AvgIpc) is 3.02. The van der Waals surface area contributed by atoms with Gasteiger partial charge >= 0.3 is 5.97 Å². The predicted molar refractivity (Wildman–Crippen MR) is 71.1 cm³/mol. The number of hydrogen-bond acceptors (Lipinski definition) is 4. The molecule has 5 nitrogen and oxygen atoms in total. The lowest BCUT2D eigenvalue weighted by molar-refractivity contribution is 0.0600. The van der Waals surface area contributed by atoms with Crippen LogP contribution in [0.5, 0.6) is 0 Å². The molecule has 5 heteroatoms. The Morgan fingerprint density at radius 2 is 2.37 bits per heavy atom. The molecule has 0 aromatic carbocycles. The fourth-order valence-electron chi connectivity index (χ4n) is 2.69. The Labute approximate surface area is 111 Å². The maximum atomic E-state index is 11.5. The number of carbonyl (C=O) groups is 1. The summed E-state index contributed by atoms with van der Waals surface area (Å²) in [6.07, 6.45) is 6.25. The second-order valence-electron chi connectivity index (χ2n) is 4.98. The van der Waals surface area contributed by atoms with Gasteiger partial charge in [-0.3, -0.25) is 4.90 Å². The summed E-state index contributed by atoms with van der Waals surface area (Å²) < 4.78 is 6.68. The molecule has 0 bridgehead atoms. The summed E-state index contributed by atoms with van der Waals surface area (Å²) in [5, 5.41) is 0. The Kier molecular flexibility index (Phi) is 2.98. The number of likely N-dealkylation sites (tertiary alicyclic amines) is 1. The molecule has 1 aliphatic heterocycles. The zero-order chi connectivity index (χ0) is 13.4. The molecule has 1 saturated heterocycles. The summed E-state index contributed by atoms with van der Waals surface area (Å²) in [4.78, 5) is 18.5. The van der Waals surface area contributed by atoms with Crippen molar-refractivity contribution in [1.29, 1.82) is 0 Å². The topological polar surface area (TPSA) is 46.8 Å². The highest BCUT2D eigenvalue weighted by Crippen LogP contribution is 2.29. The van der Waals surface area contributed by atoms with Gasteiger partial charge in [0.05, 0.1) is 24.4 Å². The summed E-state index contributed by atoms with van der Waals surface area (Å²) in [6, 6.07) is 3.91. The number of pyridine rings is 1. The Morgan fingerprint density at radius 1 is 1.53 bits per heavy atom. The zero-order valence-electron chi connectivity index (χ0n) is 11.2. The van der Waals surface area contributed by atoms with Crippen molar-refractivity contribution in [3.05, 3.63) is 35.8 Å².